The van der Waals surface area contributed by atoms with Gasteiger partial charge in [0.1, 0.15) is 9.71 Å². The molecule has 3 heterocycles. The Morgan fingerprint density at radius 3 is 2.60 bits per heavy atom. The highest BCUT2D eigenvalue weighted by atomic mass is 32.1. The highest BCUT2D eigenvalue weighted by molar-refractivity contribution is 7.21. The van der Waals surface area contributed by atoms with Gasteiger partial charge in [0.2, 0.25) is 0 Å². The van der Waals surface area contributed by atoms with Crippen LogP contribution >= 0.6 is 22.7 Å². The van der Waals surface area contributed by atoms with Crippen LogP contribution in [0.4, 0.5) is 5.69 Å². The van der Waals surface area contributed by atoms with E-state index in [2.05, 4.69) is 23.7 Å². The Morgan fingerprint density at radius 1 is 1.23 bits per heavy atom. The molecule has 0 atom stereocenters. The number of nitrogens with one attached hydrogen (secondary N) is 1. The molecular weight excluding hydrogens is 418 g/mol. The van der Waals surface area contributed by atoms with Crippen molar-refractivity contribution in [1.82, 2.24) is 9.88 Å². The van der Waals surface area contributed by atoms with Crippen molar-refractivity contribution in [2.75, 3.05) is 25.5 Å². The standard InChI is InChI=1S/C22H25N3O3S2/c1-6-25(11-13(2)3)12-15-8-9-16-18(19(22(27)28-5)30-21(16)23-15)24-20(26)17-10-7-14(4)29-17/h7-10H,2,6,11-12H2,1,3-5H3,(H,24,26). The van der Waals surface area contributed by atoms with E-state index in [4.69, 9.17) is 9.72 Å². The fraction of sp³-hybridized carbons (Fsp3) is 0.318. The predicted octanol–water partition coefficient (Wildman–Crippen LogP) is 5.10. The maximum Gasteiger partial charge on any atom is 0.350 e. The molecule has 0 aliphatic carbocycles. The molecule has 0 unspecified atom stereocenters. The van der Waals surface area contributed by atoms with Gasteiger partial charge >= 0.3 is 5.97 Å². The first-order valence-electron chi connectivity index (χ1n) is 9.57. The molecule has 0 fully saturated rings. The van der Waals surface area contributed by atoms with E-state index in [0.29, 0.717) is 26.8 Å². The van der Waals surface area contributed by atoms with Crippen molar-refractivity contribution in [3.05, 3.63) is 56.7 Å². The Hall–Kier alpha value is -2.55. The van der Waals surface area contributed by atoms with Crippen LogP contribution in [0.5, 0.6) is 0 Å². The van der Waals surface area contributed by atoms with E-state index < -0.39 is 5.97 Å². The smallest absolute Gasteiger partial charge is 0.350 e. The summed E-state index contributed by atoms with van der Waals surface area (Å²) in [4.78, 5) is 34.7. The second-order valence-corrected chi connectivity index (χ2v) is 9.36. The third-order valence-electron chi connectivity index (χ3n) is 4.51. The van der Waals surface area contributed by atoms with Crippen LogP contribution in [0.2, 0.25) is 0 Å². The van der Waals surface area contributed by atoms with Crippen molar-refractivity contribution in [3.8, 4) is 0 Å². The summed E-state index contributed by atoms with van der Waals surface area (Å²) in [6.45, 7) is 12.4. The molecule has 1 amide bonds. The Balaban J connectivity index is 1.95. The normalized spacial score (nSPS) is 11.1. The Kier molecular flexibility index (Phi) is 7.02. The zero-order chi connectivity index (χ0) is 21.8. The van der Waals surface area contributed by atoms with E-state index in [1.54, 1.807) is 6.07 Å². The second-order valence-electron chi connectivity index (χ2n) is 7.08. The highest BCUT2D eigenvalue weighted by Gasteiger charge is 2.23. The van der Waals surface area contributed by atoms with Gasteiger partial charge in [-0.3, -0.25) is 9.69 Å². The van der Waals surface area contributed by atoms with Gasteiger partial charge in [-0.1, -0.05) is 19.1 Å². The molecular formula is C22H25N3O3S2. The fourth-order valence-electron chi connectivity index (χ4n) is 3.09. The molecule has 0 aliphatic rings. The zero-order valence-electron chi connectivity index (χ0n) is 17.6. The van der Waals surface area contributed by atoms with Gasteiger partial charge in [0, 0.05) is 23.4 Å². The van der Waals surface area contributed by atoms with E-state index in [1.807, 2.05) is 32.0 Å². The van der Waals surface area contributed by atoms with E-state index in [0.717, 1.165) is 34.6 Å². The molecule has 0 saturated carbocycles. The van der Waals surface area contributed by atoms with Gasteiger partial charge in [-0.25, -0.2) is 9.78 Å². The predicted molar refractivity (Wildman–Crippen MR) is 124 cm³/mol. The van der Waals surface area contributed by atoms with Gasteiger partial charge in [0.15, 0.2) is 0 Å². The lowest BCUT2D eigenvalue weighted by Crippen LogP contribution is -2.24. The molecule has 0 aliphatic heterocycles. The largest absolute Gasteiger partial charge is 0.465 e. The fourth-order valence-corrected chi connectivity index (χ4v) is 4.92. The Labute approximate surface area is 184 Å². The number of pyridine rings is 1. The summed E-state index contributed by atoms with van der Waals surface area (Å²) in [7, 11) is 1.33. The monoisotopic (exact) mass is 443 g/mol. The summed E-state index contributed by atoms with van der Waals surface area (Å²) in [5.41, 5.74) is 2.44. The number of esters is 1. The van der Waals surface area contributed by atoms with Gasteiger partial charge in [-0.15, -0.1) is 22.7 Å². The minimum Gasteiger partial charge on any atom is -0.465 e. The molecule has 3 rings (SSSR count). The van der Waals surface area contributed by atoms with E-state index in [9.17, 15) is 9.59 Å². The van der Waals surface area contributed by atoms with Crippen LogP contribution in [0, 0.1) is 6.92 Å². The molecule has 0 radical (unpaired) electrons. The number of nitrogens with zero attached hydrogens (tertiary/aromatic N) is 2. The number of methoxy groups -OCH3 is 1. The topological polar surface area (TPSA) is 71.5 Å². The third-order valence-corrected chi connectivity index (χ3v) is 6.59. The molecule has 0 spiro atoms. The number of aryl methyl sites for hydroxylation is 1. The number of fused-ring (bicyclic) bond motifs is 1. The molecule has 8 heteroatoms. The molecule has 158 valence electrons. The van der Waals surface area contributed by atoms with Gasteiger partial charge in [0.05, 0.1) is 23.4 Å². The van der Waals surface area contributed by atoms with Gasteiger partial charge in [-0.05, 0) is 44.7 Å². The van der Waals surface area contributed by atoms with Crippen LogP contribution in [0.25, 0.3) is 10.2 Å². The van der Waals surface area contributed by atoms with Crippen molar-refractivity contribution >= 4 is 50.5 Å². The minimum absolute atomic E-state index is 0.249. The van der Waals surface area contributed by atoms with Crippen LogP contribution in [0.15, 0.2) is 36.4 Å². The lowest BCUT2D eigenvalue weighted by Gasteiger charge is -2.19. The number of aromatic nitrogens is 1. The number of likely N-dealkylation sites (N-methyl/N-ethyl adjacent to an activating group) is 1. The van der Waals surface area contributed by atoms with Crippen LogP contribution in [-0.2, 0) is 11.3 Å². The first kappa shape index (κ1) is 22.1. The van der Waals surface area contributed by atoms with Crippen LogP contribution in [-0.4, -0.2) is 42.0 Å². The number of rotatable bonds is 8. The molecule has 6 nitrogen and oxygen atoms in total. The zero-order valence-corrected chi connectivity index (χ0v) is 19.2. The van der Waals surface area contributed by atoms with Crippen molar-refractivity contribution < 1.29 is 14.3 Å². The number of ether oxygens (including phenoxy) is 1. The number of hydrogen-bond donors (Lipinski definition) is 1. The SMILES string of the molecule is C=C(C)CN(CC)Cc1ccc2c(NC(=O)c3ccc(C)s3)c(C(=O)OC)sc2n1. The number of anilines is 1. The number of thiophene rings is 2. The maximum absolute atomic E-state index is 12.7. The van der Waals surface area contributed by atoms with Gasteiger partial charge < -0.3 is 10.1 Å². The number of carbonyl (C=O) groups is 2. The maximum atomic E-state index is 12.7. The van der Waals surface area contributed by atoms with Crippen molar-refractivity contribution in [2.45, 2.75) is 27.3 Å². The summed E-state index contributed by atoms with van der Waals surface area (Å²) in [5.74, 6) is -0.740. The lowest BCUT2D eigenvalue weighted by atomic mass is 10.2. The first-order valence-corrected chi connectivity index (χ1v) is 11.2. The Bertz CT molecular complexity index is 1100. The van der Waals surface area contributed by atoms with Crippen molar-refractivity contribution in [3.63, 3.8) is 0 Å². The van der Waals surface area contributed by atoms with Gasteiger partial charge in [-0.2, -0.15) is 0 Å². The van der Waals surface area contributed by atoms with Crippen LogP contribution in [0.1, 0.15) is 43.8 Å². The second kappa shape index (κ2) is 9.51. The molecule has 0 aromatic carbocycles. The summed E-state index contributed by atoms with van der Waals surface area (Å²) in [6.07, 6.45) is 0. The van der Waals surface area contributed by atoms with Crippen LogP contribution < -0.4 is 5.32 Å². The minimum atomic E-state index is -0.491. The van der Waals surface area contributed by atoms with Crippen molar-refractivity contribution in [2.24, 2.45) is 0 Å². The molecule has 3 aromatic rings. The van der Waals surface area contributed by atoms with E-state index in [-0.39, 0.29) is 5.91 Å². The Morgan fingerprint density at radius 2 is 2.00 bits per heavy atom. The summed E-state index contributed by atoms with van der Waals surface area (Å²) in [5, 5.41) is 3.63. The summed E-state index contributed by atoms with van der Waals surface area (Å²) < 4.78 is 4.93. The van der Waals surface area contributed by atoms with E-state index >= 15 is 0 Å². The molecule has 3 aromatic heterocycles. The molecule has 30 heavy (non-hydrogen) atoms. The molecule has 0 saturated heterocycles. The van der Waals surface area contributed by atoms with Gasteiger partial charge in [0.25, 0.3) is 5.91 Å². The highest BCUT2D eigenvalue weighted by Crippen LogP contribution is 2.36. The third kappa shape index (κ3) is 4.95. The molecule has 1 N–H and O–H groups in total. The number of hydrogen-bond acceptors (Lipinski definition) is 7. The van der Waals surface area contributed by atoms with Crippen molar-refractivity contribution in [1.29, 1.82) is 0 Å². The quantitative estimate of drug-likeness (QED) is 0.387. The summed E-state index contributed by atoms with van der Waals surface area (Å²) >= 11 is 2.64. The number of carbonyl (C=O) groups excluding carboxylic acids is 2. The average molecular weight is 444 g/mol. The van der Waals surface area contributed by atoms with E-state index in [1.165, 1.54) is 29.8 Å². The number of amides is 1. The molecule has 0 bridgehead atoms. The summed E-state index contributed by atoms with van der Waals surface area (Å²) in [6, 6.07) is 7.51. The lowest BCUT2D eigenvalue weighted by molar-refractivity contribution is 0.0607. The first-order chi connectivity index (χ1) is 14.3. The van der Waals surface area contributed by atoms with Crippen LogP contribution in [0.3, 0.4) is 0 Å². The average Bonchev–Trinajstić information content (AvgIpc) is 3.30.